The molecule has 3 aromatic rings. The average Bonchev–Trinajstić information content (AvgIpc) is 2.65. The molecule has 0 saturated heterocycles. The zero-order valence-corrected chi connectivity index (χ0v) is 13.6. The number of aromatic nitrogens is 2. The molecule has 0 atom stereocenters. The van der Waals surface area contributed by atoms with Gasteiger partial charge >= 0.3 is 0 Å². The van der Waals surface area contributed by atoms with Gasteiger partial charge in [0.2, 0.25) is 5.91 Å². The average molecular weight is 335 g/mol. The van der Waals surface area contributed by atoms with Crippen LogP contribution in [0, 0.1) is 0 Å². The number of anilines is 1. The third kappa shape index (κ3) is 2.98. The van der Waals surface area contributed by atoms with E-state index in [1.54, 1.807) is 4.90 Å². The number of fused-ring (bicyclic) bond motifs is 2. The Bertz CT molecular complexity index is 996. The molecule has 2 aromatic carbocycles. The zero-order valence-electron chi connectivity index (χ0n) is 13.6. The Morgan fingerprint density at radius 2 is 1.96 bits per heavy atom. The molecule has 0 saturated carbocycles. The van der Waals surface area contributed by atoms with Gasteiger partial charge in [-0.25, -0.2) is 4.98 Å². The number of aromatic amines is 1. The van der Waals surface area contributed by atoms with Crippen molar-refractivity contribution >= 4 is 22.6 Å². The van der Waals surface area contributed by atoms with Crippen LogP contribution in [-0.4, -0.2) is 29.0 Å². The Kier molecular flexibility index (Phi) is 3.93. The fraction of sp³-hybridized carbons (Fsp3) is 0.211. The summed E-state index contributed by atoms with van der Waals surface area (Å²) in [6, 6.07) is 14.8. The van der Waals surface area contributed by atoms with E-state index in [0.717, 1.165) is 11.2 Å². The number of H-pyrrole nitrogens is 1. The Morgan fingerprint density at radius 1 is 1.16 bits per heavy atom. The number of aryl methyl sites for hydroxylation is 1. The second-order valence-electron chi connectivity index (χ2n) is 5.89. The van der Waals surface area contributed by atoms with Crippen LogP contribution in [0.3, 0.4) is 0 Å². The molecular formula is C19H17N3O3. The molecule has 0 fully saturated rings. The number of para-hydroxylation sites is 4. The molecule has 2 heterocycles. The minimum absolute atomic E-state index is 0.0369. The maximum atomic E-state index is 12.6. The number of amides is 1. The Balaban J connectivity index is 1.53. The van der Waals surface area contributed by atoms with Crippen LogP contribution >= 0.6 is 0 Å². The van der Waals surface area contributed by atoms with E-state index < -0.39 is 0 Å². The number of carbonyl (C=O) groups excluding carboxylic acids is 1. The van der Waals surface area contributed by atoms with Gasteiger partial charge in [0, 0.05) is 12.8 Å². The van der Waals surface area contributed by atoms with Crippen LogP contribution < -0.4 is 15.2 Å². The molecule has 0 aliphatic carbocycles. The summed E-state index contributed by atoms with van der Waals surface area (Å²) >= 11 is 0. The molecule has 6 nitrogen and oxygen atoms in total. The lowest BCUT2D eigenvalue weighted by Crippen LogP contribution is -2.38. The van der Waals surface area contributed by atoms with Crippen LogP contribution in [0.2, 0.25) is 0 Å². The molecule has 1 aromatic heterocycles. The molecule has 1 N–H and O–H groups in total. The van der Waals surface area contributed by atoms with E-state index in [1.807, 2.05) is 48.5 Å². The summed E-state index contributed by atoms with van der Waals surface area (Å²) in [5.74, 6) is 0.675. The van der Waals surface area contributed by atoms with Crippen molar-refractivity contribution in [3.63, 3.8) is 0 Å². The van der Waals surface area contributed by atoms with Gasteiger partial charge in [-0.1, -0.05) is 24.3 Å². The summed E-state index contributed by atoms with van der Waals surface area (Å²) in [5, 5.41) is 0. The molecule has 6 heteroatoms. The van der Waals surface area contributed by atoms with Crippen LogP contribution in [0.1, 0.15) is 12.1 Å². The summed E-state index contributed by atoms with van der Waals surface area (Å²) in [5.41, 5.74) is 2.34. The lowest BCUT2D eigenvalue weighted by molar-refractivity contribution is -0.118. The van der Waals surface area contributed by atoms with E-state index in [9.17, 15) is 9.59 Å². The highest BCUT2D eigenvalue weighted by molar-refractivity contribution is 5.95. The van der Waals surface area contributed by atoms with Gasteiger partial charge in [0.15, 0.2) is 0 Å². The maximum Gasteiger partial charge on any atom is 0.270 e. The van der Waals surface area contributed by atoms with Gasteiger partial charge in [0.25, 0.3) is 5.56 Å². The summed E-state index contributed by atoms with van der Waals surface area (Å²) in [4.78, 5) is 33.7. The summed E-state index contributed by atoms with van der Waals surface area (Å²) < 4.78 is 5.57. The van der Waals surface area contributed by atoms with Gasteiger partial charge in [-0.2, -0.15) is 0 Å². The SMILES string of the molecule is O=C(CCc1nc2ccccc2[nH]c1=O)N1CCOc2ccccc21. The maximum absolute atomic E-state index is 12.6. The van der Waals surface area contributed by atoms with Crippen molar-refractivity contribution in [1.82, 2.24) is 9.97 Å². The van der Waals surface area contributed by atoms with E-state index >= 15 is 0 Å². The van der Waals surface area contributed by atoms with E-state index in [-0.39, 0.29) is 17.9 Å². The first-order chi connectivity index (χ1) is 12.2. The number of rotatable bonds is 3. The zero-order chi connectivity index (χ0) is 17.2. The second kappa shape index (κ2) is 6.39. The van der Waals surface area contributed by atoms with Crippen LogP contribution in [0.15, 0.2) is 53.3 Å². The van der Waals surface area contributed by atoms with Crippen LogP contribution in [0.5, 0.6) is 5.75 Å². The number of carbonyl (C=O) groups is 1. The molecule has 1 aliphatic heterocycles. The van der Waals surface area contributed by atoms with Crippen molar-refractivity contribution in [2.45, 2.75) is 12.8 Å². The Morgan fingerprint density at radius 3 is 2.88 bits per heavy atom. The van der Waals surface area contributed by atoms with Gasteiger partial charge in [-0.15, -0.1) is 0 Å². The highest BCUT2D eigenvalue weighted by Crippen LogP contribution is 2.31. The fourth-order valence-electron chi connectivity index (χ4n) is 3.03. The first-order valence-corrected chi connectivity index (χ1v) is 8.22. The predicted molar refractivity (Wildman–Crippen MR) is 95.0 cm³/mol. The Hall–Kier alpha value is -3.15. The Labute approximate surface area is 144 Å². The molecule has 0 unspecified atom stereocenters. The van der Waals surface area contributed by atoms with Gasteiger partial charge in [0.05, 0.1) is 23.3 Å². The molecule has 1 amide bonds. The summed E-state index contributed by atoms with van der Waals surface area (Å²) in [6.07, 6.45) is 0.529. The molecule has 4 rings (SSSR count). The van der Waals surface area contributed by atoms with Gasteiger partial charge in [0.1, 0.15) is 18.1 Å². The van der Waals surface area contributed by atoms with Crippen molar-refractivity contribution in [2.75, 3.05) is 18.1 Å². The predicted octanol–water partition coefficient (Wildman–Crippen LogP) is 2.28. The molecule has 0 radical (unpaired) electrons. The van der Waals surface area contributed by atoms with Gasteiger partial charge in [-0.3, -0.25) is 9.59 Å². The van der Waals surface area contributed by atoms with E-state index in [0.29, 0.717) is 36.5 Å². The molecule has 126 valence electrons. The van der Waals surface area contributed by atoms with Crippen molar-refractivity contribution in [3.05, 3.63) is 64.6 Å². The molecule has 0 spiro atoms. The summed E-state index contributed by atoms with van der Waals surface area (Å²) in [7, 11) is 0. The van der Waals surface area contributed by atoms with Crippen LogP contribution in [0.25, 0.3) is 11.0 Å². The lowest BCUT2D eigenvalue weighted by atomic mass is 10.1. The quantitative estimate of drug-likeness (QED) is 0.797. The standard InChI is InChI=1S/C19H17N3O3/c23-18(22-11-12-25-17-8-4-3-7-16(17)22)10-9-15-19(24)21-14-6-2-1-5-13(14)20-15/h1-8H,9-12H2,(H,21,24). The van der Waals surface area contributed by atoms with E-state index in [4.69, 9.17) is 4.74 Å². The molecule has 0 bridgehead atoms. The van der Waals surface area contributed by atoms with Crippen molar-refractivity contribution < 1.29 is 9.53 Å². The van der Waals surface area contributed by atoms with Crippen molar-refractivity contribution in [2.24, 2.45) is 0 Å². The second-order valence-corrected chi connectivity index (χ2v) is 5.89. The highest BCUT2D eigenvalue weighted by atomic mass is 16.5. The fourth-order valence-corrected chi connectivity index (χ4v) is 3.03. The number of ether oxygens (including phenoxy) is 1. The van der Waals surface area contributed by atoms with Gasteiger partial charge < -0.3 is 14.6 Å². The molecule has 1 aliphatic rings. The third-order valence-corrected chi connectivity index (χ3v) is 4.27. The first-order valence-electron chi connectivity index (χ1n) is 8.22. The number of hydrogen-bond acceptors (Lipinski definition) is 4. The smallest absolute Gasteiger partial charge is 0.270 e. The largest absolute Gasteiger partial charge is 0.490 e. The number of benzene rings is 2. The van der Waals surface area contributed by atoms with Crippen molar-refractivity contribution in [1.29, 1.82) is 0 Å². The van der Waals surface area contributed by atoms with Crippen molar-refractivity contribution in [3.8, 4) is 5.75 Å². The minimum Gasteiger partial charge on any atom is -0.490 e. The minimum atomic E-state index is -0.242. The van der Waals surface area contributed by atoms with Gasteiger partial charge in [-0.05, 0) is 24.3 Å². The first kappa shape index (κ1) is 15.4. The number of nitrogens with one attached hydrogen (secondary N) is 1. The third-order valence-electron chi connectivity index (χ3n) is 4.27. The molecule has 25 heavy (non-hydrogen) atoms. The highest BCUT2D eigenvalue weighted by Gasteiger charge is 2.23. The van der Waals surface area contributed by atoms with E-state index in [1.165, 1.54) is 0 Å². The van der Waals surface area contributed by atoms with Crippen LogP contribution in [-0.2, 0) is 11.2 Å². The normalized spacial score (nSPS) is 13.4. The topological polar surface area (TPSA) is 75.3 Å². The van der Waals surface area contributed by atoms with E-state index in [2.05, 4.69) is 9.97 Å². The number of hydrogen-bond donors (Lipinski definition) is 1. The monoisotopic (exact) mass is 335 g/mol. The lowest BCUT2D eigenvalue weighted by Gasteiger charge is -2.29. The summed E-state index contributed by atoms with van der Waals surface area (Å²) in [6.45, 7) is 0.981. The number of nitrogens with zero attached hydrogens (tertiary/aromatic N) is 2. The van der Waals surface area contributed by atoms with Crippen LogP contribution in [0.4, 0.5) is 5.69 Å². The molecular weight excluding hydrogens is 318 g/mol.